The van der Waals surface area contributed by atoms with Gasteiger partial charge in [-0.1, -0.05) is 12.1 Å². The van der Waals surface area contributed by atoms with Crippen LogP contribution in [0.4, 0.5) is 13.2 Å². The van der Waals surface area contributed by atoms with Gasteiger partial charge in [0.25, 0.3) is 0 Å². The minimum Gasteiger partial charge on any atom is -0.478 e. The molecule has 0 heterocycles. The van der Waals surface area contributed by atoms with Gasteiger partial charge < -0.3 is 29.9 Å². The van der Waals surface area contributed by atoms with Crippen LogP contribution in [0, 0.1) is 0 Å². The zero-order chi connectivity index (χ0) is 26.8. The Hall–Kier alpha value is -5.07. The van der Waals surface area contributed by atoms with Crippen LogP contribution in [0.5, 0.6) is 23.0 Å². The first-order valence-corrected chi connectivity index (χ1v) is 9.57. The van der Waals surface area contributed by atoms with Gasteiger partial charge in [0.1, 0.15) is 39.7 Å². The van der Waals surface area contributed by atoms with Crippen LogP contribution in [0.15, 0.2) is 54.6 Å². The standard InChI is InChI=1S/C23H13F3O10/c24-23(25,26)13-9-10(35-15-5-1-3-11(19(27)28)17(15)21(31)32)7-8-14(13)36-16-6-2-4-12(20(29)30)18(16)22(33)34/h1-9H,(H,27,28)(H,29,30)(H,31,32)(H,33,34). The fraction of sp³-hybridized carbons (Fsp3) is 0.0435. The third-order valence-electron chi connectivity index (χ3n) is 4.65. The van der Waals surface area contributed by atoms with Crippen molar-refractivity contribution in [1.82, 2.24) is 0 Å². The molecule has 0 spiro atoms. The number of carboxylic acid groups (broad SMARTS) is 4. The van der Waals surface area contributed by atoms with E-state index in [4.69, 9.17) is 9.47 Å². The minimum atomic E-state index is -5.08. The fourth-order valence-corrected chi connectivity index (χ4v) is 3.16. The summed E-state index contributed by atoms with van der Waals surface area (Å²) in [5.74, 6) is -9.37. The molecule has 186 valence electrons. The molecule has 3 aromatic rings. The Labute approximate surface area is 198 Å². The third-order valence-corrected chi connectivity index (χ3v) is 4.65. The van der Waals surface area contributed by atoms with E-state index in [1.54, 1.807) is 0 Å². The third kappa shape index (κ3) is 5.19. The Morgan fingerprint density at radius 1 is 0.611 bits per heavy atom. The Bertz CT molecular complexity index is 1400. The molecule has 0 fully saturated rings. The molecule has 0 radical (unpaired) electrons. The van der Waals surface area contributed by atoms with E-state index in [1.807, 2.05) is 0 Å². The molecule has 0 aliphatic heterocycles. The number of halogens is 3. The van der Waals surface area contributed by atoms with Crippen molar-refractivity contribution in [2.45, 2.75) is 6.18 Å². The van der Waals surface area contributed by atoms with Crippen molar-refractivity contribution in [1.29, 1.82) is 0 Å². The minimum absolute atomic E-state index is 0.426. The van der Waals surface area contributed by atoms with Crippen LogP contribution in [-0.4, -0.2) is 44.3 Å². The number of ether oxygens (including phenoxy) is 2. The first kappa shape index (κ1) is 25.6. The summed E-state index contributed by atoms with van der Waals surface area (Å²) >= 11 is 0. The molecule has 0 unspecified atom stereocenters. The topological polar surface area (TPSA) is 168 Å². The molecular formula is C23H13F3O10. The van der Waals surface area contributed by atoms with Crippen molar-refractivity contribution >= 4 is 23.9 Å². The SMILES string of the molecule is O=C(O)c1cccc(Oc2ccc(Oc3cccc(C(=O)O)c3C(=O)O)c(C(F)(F)F)c2)c1C(=O)O. The largest absolute Gasteiger partial charge is 0.478 e. The van der Waals surface area contributed by atoms with Gasteiger partial charge >= 0.3 is 30.1 Å². The quantitative estimate of drug-likeness (QED) is 0.323. The number of benzene rings is 3. The molecule has 4 N–H and O–H groups in total. The number of carboxylic acids is 4. The van der Waals surface area contributed by atoms with E-state index in [2.05, 4.69) is 0 Å². The van der Waals surface area contributed by atoms with Crippen molar-refractivity contribution in [2.75, 3.05) is 0 Å². The predicted molar refractivity (Wildman–Crippen MR) is 112 cm³/mol. The molecular weight excluding hydrogens is 493 g/mol. The number of rotatable bonds is 8. The van der Waals surface area contributed by atoms with Gasteiger partial charge in [-0.05, 0) is 42.5 Å². The summed E-state index contributed by atoms with van der Waals surface area (Å²) < 4.78 is 51.8. The van der Waals surface area contributed by atoms with E-state index in [0.29, 0.717) is 6.07 Å². The van der Waals surface area contributed by atoms with Gasteiger partial charge in [-0.15, -0.1) is 0 Å². The van der Waals surface area contributed by atoms with Crippen LogP contribution in [0.25, 0.3) is 0 Å². The molecule has 0 saturated carbocycles. The second-order valence-corrected chi connectivity index (χ2v) is 6.94. The fourth-order valence-electron chi connectivity index (χ4n) is 3.16. The first-order chi connectivity index (χ1) is 16.8. The zero-order valence-electron chi connectivity index (χ0n) is 17.6. The summed E-state index contributed by atoms with van der Waals surface area (Å²) in [6, 6.07) is 8.25. The first-order valence-electron chi connectivity index (χ1n) is 9.57. The smallest absolute Gasteiger partial charge is 0.420 e. The van der Waals surface area contributed by atoms with E-state index in [1.165, 1.54) is 0 Å². The molecule has 0 aliphatic carbocycles. The number of aromatic carboxylic acids is 4. The lowest BCUT2D eigenvalue weighted by Gasteiger charge is -2.17. The molecule has 0 saturated heterocycles. The van der Waals surface area contributed by atoms with Gasteiger partial charge in [0, 0.05) is 0 Å². The highest BCUT2D eigenvalue weighted by atomic mass is 19.4. The second kappa shape index (κ2) is 9.66. The van der Waals surface area contributed by atoms with Crippen molar-refractivity contribution in [2.24, 2.45) is 0 Å². The number of hydrogen-bond donors (Lipinski definition) is 4. The lowest BCUT2D eigenvalue weighted by atomic mass is 10.1. The summed E-state index contributed by atoms with van der Waals surface area (Å²) in [4.78, 5) is 45.7. The monoisotopic (exact) mass is 506 g/mol. The van der Waals surface area contributed by atoms with Gasteiger partial charge in [-0.2, -0.15) is 13.2 Å². The lowest BCUT2D eigenvalue weighted by Crippen LogP contribution is -2.12. The molecule has 0 atom stereocenters. The van der Waals surface area contributed by atoms with Crippen LogP contribution < -0.4 is 9.47 Å². The van der Waals surface area contributed by atoms with Gasteiger partial charge in [0.2, 0.25) is 0 Å². The van der Waals surface area contributed by atoms with E-state index in [0.717, 1.165) is 48.5 Å². The predicted octanol–water partition coefficient (Wildman–Crippen LogP) is 5.08. The summed E-state index contributed by atoms with van der Waals surface area (Å²) in [5.41, 5.74) is -4.52. The average molecular weight is 506 g/mol. The zero-order valence-corrected chi connectivity index (χ0v) is 17.6. The number of hydrogen-bond acceptors (Lipinski definition) is 6. The van der Waals surface area contributed by atoms with Gasteiger partial charge in [0.05, 0.1) is 11.1 Å². The average Bonchev–Trinajstić information content (AvgIpc) is 2.78. The molecule has 0 amide bonds. The summed E-state index contributed by atoms with van der Waals surface area (Å²) in [7, 11) is 0. The van der Waals surface area contributed by atoms with Crippen molar-refractivity contribution in [3.8, 4) is 23.0 Å². The second-order valence-electron chi connectivity index (χ2n) is 6.94. The highest BCUT2D eigenvalue weighted by Crippen LogP contribution is 2.42. The summed E-state index contributed by atoms with van der Waals surface area (Å²) in [6.07, 6.45) is -5.08. The number of alkyl halides is 3. The normalized spacial score (nSPS) is 11.0. The molecule has 0 aromatic heterocycles. The van der Waals surface area contributed by atoms with Crippen molar-refractivity contribution in [3.63, 3.8) is 0 Å². The highest BCUT2D eigenvalue weighted by Gasteiger charge is 2.36. The highest BCUT2D eigenvalue weighted by molar-refractivity contribution is 6.04. The van der Waals surface area contributed by atoms with Gasteiger partial charge in [0.15, 0.2) is 0 Å². The van der Waals surface area contributed by atoms with Crippen LogP contribution in [0.2, 0.25) is 0 Å². The van der Waals surface area contributed by atoms with E-state index >= 15 is 0 Å². The Balaban J connectivity index is 2.09. The maximum absolute atomic E-state index is 13.8. The van der Waals surface area contributed by atoms with Crippen LogP contribution in [-0.2, 0) is 6.18 Å². The summed E-state index contributed by atoms with van der Waals surface area (Å²) in [5, 5.41) is 37.1. The molecule has 3 rings (SSSR count). The molecule has 0 aliphatic rings. The molecule has 13 heteroatoms. The van der Waals surface area contributed by atoms with Crippen LogP contribution >= 0.6 is 0 Å². The molecule has 0 bridgehead atoms. The van der Waals surface area contributed by atoms with Crippen LogP contribution in [0.1, 0.15) is 47.0 Å². The Morgan fingerprint density at radius 3 is 1.50 bits per heavy atom. The van der Waals surface area contributed by atoms with E-state index in [-0.39, 0.29) is 0 Å². The summed E-state index contributed by atoms with van der Waals surface area (Å²) in [6.45, 7) is 0. The van der Waals surface area contributed by atoms with E-state index < -0.39 is 80.9 Å². The lowest BCUT2D eigenvalue weighted by molar-refractivity contribution is -0.138. The van der Waals surface area contributed by atoms with Gasteiger partial charge in [-0.3, -0.25) is 0 Å². The molecule has 10 nitrogen and oxygen atoms in total. The maximum atomic E-state index is 13.8. The maximum Gasteiger partial charge on any atom is 0.420 e. The Morgan fingerprint density at radius 2 is 1.08 bits per heavy atom. The molecule has 36 heavy (non-hydrogen) atoms. The molecule has 3 aromatic carbocycles. The number of carbonyl (C=O) groups is 4. The Kier molecular flexibility index (Phi) is 6.85. The van der Waals surface area contributed by atoms with Crippen LogP contribution in [0.3, 0.4) is 0 Å². The van der Waals surface area contributed by atoms with Crippen molar-refractivity contribution < 1.29 is 62.2 Å². The van der Waals surface area contributed by atoms with E-state index in [9.17, 15) is 52.8 Å². The van der Waals surface area contributed by atoms with Gasteiger partial charge in [-0.25, -0.2) is 19.2 Å². The van der Waals surface area contributed by atoms with Crippen molar-refractivity contribution in [3.05, 3.63) is 82.4 Å².